The second kappa shape index (κ2) is 62.2. The summed E-state index contributed by atoms with van der Waals surface area (Å²) in [4.78, 5) is 72.2. The fraction of sp³-hybridized carbons (Fsp3) is 0.943. The van der Waals surface area contributed by atoms with E-state index in [0.29, 0.717) is 31.6 Å². The number of phosphoric ester groups is 2. The number of esters is 4. The van der Waals surface area contributed by atoms with Crippen LogP contribution in [0.2, 0.25) is 0 Å². The van der Waals surface area contributed by atoms with E-state index in [4.69, 9.17) is 37.0 Å². The van der Waals surface area contributed by atoms with Crippen LogP contribution in [0.15, 0.2) is 0 Å². The van der Waals surface area contributed by atoms with E-state index in [-0.39, 0.29) is 25.7 Å². The second-order valence-corrected chi connectivity index (χ2v) is 28.9. The van der Waals surface area contributed by atoms with Crippen molar-refractivity contribution in [3.63, 3.8) is 0 Å². The van der Waals surface area contributed by atoms with Crippen molar-refractivity contribution in [3.05, 3.63) is 0 Å². The molecule has 0 aromatic rings. The van der Waals surface area contributed by atoms with Gasteiger partial charge < -0.3 is 33.8 Å². The largest absolute Gasteiger partial charge is 0.472 e. The Bertz CT molecular complexity index is 1740. The normalized spacial score (nSPS) is 14.4. The number of unbranched alkanes of at least 4 members (excludes halogenated alkanes) is 38. The molecule has 0 saturated carbocycles. The van der Waals surface area contributed by atoms with E-state index in [1.165, 1.54) is 167 Å². The number of phosphoric acid groups is 2. The molecule has 0 fully saturated rings. The summed E-state index contributed by atoms with van der Waals surface area (Å²) in [5.74, 6) is -0.595. The first-order valence-electron chi connectivity index (χ1n) is 36.5. The third-order valence-corrected chi connectivity index (χ3v) is 18.5. The number of hydrogen-bond acceptors (Lipinski definition) is 15. The second-order valence-electron chi connectivity index (χ2n) is 26.0. The van der Waals surface area contributed by atoms with Gasteiger partial charge in [-0.1, -0.05) is 305 Å². The molecule has 0 aliphatic heterocycles. The lowest BCUT2D eigenvalue weighted by atomic mass is 9.99. The summed E-state index contributed by atoms with van der Waals surface area (Å²) in [5, 5.41) is 10.6. The van der Waals surface area contributed by atoms with Gasteiger partial charge in [0.05, 0.1) is 26.4 Å². The molecule has 89 heavy (non-hydrogen) atoms. The Morgan fingerprint density at radius 1 is 0.326 bits per heavy atom. The molecule has 0 amide bonds. The zero-order valence-electron chi connectivity index (χ0n) is 57.7. The van der Waals surface area contributed by atoms with Crippen LogP contribution in [0.5, 0.6) is 0 Å². The molecule has 0 aliphatic rings. The summed E-state index contributed by atoms with van der Waals surface area (Å²) >= 11 is 0. The number of hydrogen-bond donors (Lipinski definition) is 3. The molecule has 17 nitrogen and oxygen atoms in total. The van der Waals surface area contributed by atoms with Gasteiger partial charge in [0.15, 0.2) is 12.2 Å². The van der Waals surface area contributed by atoms with Gasteiger partial charge in [0.1, 0.15) is 19.3 Å². The van der Waals surface area contributed by atoms with Crippen LogP contribution in [0, 0.1) is 11.8 Å². The number of carbonyl (C=O) groups is 4. The van der Waals surface area contributed by atoms with Gasteiger partial charge in [0.2, 0.25) is 0 Å². The molecule has 3 unspecified atom stereocenters. The van der Waals surface area contributed by atoms with Gasteiger partial charge in [-0.15, -0.1) is 0 Å². The summed E-state index contributed by atoms with van der Waals surface area (Å²) in [6.45, 7) is 9.45. The molecule has 0 aromatic heterocycles. The third kappa shape index (κ3) is 63.2. The van der Waals surface area contributed by atoms with Gasteiger partial charge in [-0.2, -0.15) is 0 Å². The molecule has 0 aliphatic carbocycles. The SMILES string of the molecule is CCCCCCCCCCCCCCCCCCC(=O)OC[C@H](COP(=O)(O)OC[C@@H](O)COP(=O)(O)OC[C@@H](COC(=O)CCCCCCC)OC(=O)CCCCCCCCCC(C)C)OC(=O)CCCCCCCCCCCCCCCCC(C)CC. The fourth-order valence-electron chi connectivity index (χ4n) is 10.6. The Kier molecular flexibility index (Phi) is 60.8. The van der Waals surface area contributed by atoms with Gasteiger partial charge in [0, 0.05) is 25.7 Å². The number of ether oxygens (including phenoxy) is 4. The fourth-order valence-corrected chi connectivity index (χ4v) is 12.1. The highest BCUT2D eigenvalue weighted by atomic mass is 31.2. The Hall–Kier alpha value is -1.94. The van der Waals surface area contributed by atoms with Crippen molar-refractivity contribution in [1.29, 1.82) is 0 Å². The van der Waals surface area contributed by atoms with Crippen molar-refractivity contribution in [1.82, 2.24) is 0 Å². The summed E-state index contributed by atoms with van der Waals surface area (Å²) in [7, 11) is -9.89. The molecule has 19 heteroatoms. The highest BCUT2D eigenvalue weighted by molar-refractivity contribution is 7.47. The van der Waals surface area contributed by atoms with Crippen LogP contribution < -0.4 is 0 Å². The molecule has 0 rings (SSSR count). The van der Waals surface area contributed by atoms with Crippen LogP contribution in [0.3, 0.4) is 0 Å². The smallest absolute Gasteiger partial charge is 0.462 e. The maximum absolute atomic E-state index is 13.0. The van der Waals surface area contributed by atoms with Crippen LogP contribution in [0.25, 0.3) is 0 Å². The van der Waals surface area contributed by atoms with Gasteiger partial charge in [-0.25, -0.2) is 9.13 Å². The quantitative estimate of drug-likeness (QED) is 0.0222. The van der Waals surface area contributed by atoms with Crippen LogP contribution in [0.1, 0.15) is 356 Å². The van der Waals surface area contributed by atoms with Crippen LogP contribution in [-0.2, 0) is 65.4 Å². The summed E-state index contributed by atoms with van der Waals surface area (Å²) in [6.07, 6.45) is 47.7. The predicted octanol–water partition coefficient (Wildman–Crippen LogP) is 20.0. The Morgan fingerprint density at radius 3 is 0.854 bits per heavy atom. The maximum Gasteiger partial charge on any atom is 0.472 e. The van der Waals surface area contributed by atoms with E-state index in [1.807, 2.05) is 0 Å². The van der Waals surface area contributed by atoms with E-state index in [9.17, 15) is 43.2 Å². The Morgan fingerprint density at radius 2 is 0.573 bits per heavy atom. The Labute approximate surface area is 543 Å². The van der Waals surface area contributed by atoms with Crippen molar-refractivity contribution in [3.8, 4) is 0 Å². The van der Waals surface area contributed by atoms with Crippen LogP contribution in [0.4, 0.5) is 0 Å². The van der Waals surface area contributed by atoms with Crippen molar-refractivity contribution in [2.45, 2.75) is 374 Å². The number of aliphatic hydroxyl groups excluding tert-OH is 1. The van der Waals surface area contributed by atoms with E-state index in [2.05, 4.69) is 41.5 Å². The minimum Gasteiger partial charge on any atom is -0.462 e. The molecule has 0 spiro atoms. The molecule has 0 saturated heterocycles. The summed E-state index contributed by atoms with van der Waals surface area (Å²) < 4.78 is 68.0. The molecule has 0 heterocycles. The van der Waals surface area contributed by atoms with E-state index < -0.39 is 97.5 Å². The number of rotatable bonds is 69. The highest BCUT2D eigenvalue weighted by Gasteiger charge is 2.30. The first kappa shape index (κ1) is 87.1. The van der Waals surface area contributed by atoms with E-state index >= 15 is 0 Å². The third-order valence-electron chi connectivity index (χ3n) is 16.6. The lowest BCUT2D eigenvalue weighted by Crippen LogP contribution is -2.30. The Balaban J connectivity index is 5.15. The molecule has 0 aromatic carbocycles. The molecule has 0 bridgehead atoms. The predicted molar refractivity (Wildman–Crippen MR) is 358 cm³/mol. The van der Waals surface area contributed by atoms with Crippen molar-refractivity contribution >= 4 is 39.5 Å². The zero-order chi connectivity index (χ0) is 65.7. The molecule has 6 atom stereocenters. The maximum atomic E-state index is 13.0. The van der Waals surface area contributed by atoms with Gasteiger partial charge in [-0.3, -0.25) is 37.3 Å². The number of aliphatic hydroxyl groups is 1. The molecule has 3 N–H and O–H groups in total. The van der Waals surface area contributed by atoms with Crippen LogP contribution in [-0.4, -0.2) is 96.7 Å². The highest BCUT2D eigenvalue weighted by Crippen LogP contribution is 2.45. The number of carbonyl (C=O) groups excluding carboxylic acids is 4. The van der Waals surface area contributed by atoms with Crippen molar-refractivity contribution in [2.75, 3.05) is 39.6 Å². The zero-order valence-corrected chi connectivity index (χ0v) is 59.5. The molecule has 0 radical (unpaired) electrons. The first-order chi connectivity index (χ1) is 42.9. The standard InChI is InChI=1S/C70H136O17P2/c1-7-10-12-14-15-16-17-18-19-20-24-27-30-35-41-47-53-68(73)81-59-66(87-69(74)54-48-42-36-31-28-25-22-21-23-26-29-34-40-45-51-63(6)9-3)61-85-89(78,79)83-57-64(71)56-82-88(76,77)84-60-65(58-80-67(72)52-46-38-13-11-8-2)86-70(75)55-49-43-37-32-33-39-44-50-62(4)5/h62-66,71H,7-61H2,1-6H3,(H,76,77)(H,78,79)/t63?,64-,65+,66+/m0/s1. The van der Waals surface area contributed by atoms with E-state index in [1.54, 1.807) is 0 Å². The van der Waals surface area contributed by atoms with Gasteiger partial charge in [0.25, 0.3) is 0 Å². The molecule has 528 valence electrons. The molecular weight excluding hydrogens is 1170 g/mol. The average Bonchev–Trinajstić information content (AvgIpc) is 3.66. The lowest BCUT2D eigenvalue weighted by molar-refractivity contribution is -0.161. The topological polar surface area (TPSA) is 237 Å². The van der Waals surface area contributed by atoms with Crippen molar-refractivity contribution < 1.29 is 80.2 Å². The van der Waals surface area contributed by atoms with Gasteiger partial charge in [-0.05, 0) is 37.5 Å². The van der Waals surface area contributed by atoms with Crippen LogP contribution >= 0.6 is 15.6 Å². The minimum atomic E-state index is -4.95. The first-order valence-corrected chi connectivity index (χ1v) is 39.5. The minimum absolute atomic E-state index is 0.103. The van der Waals surface area contributed by atoms with Gasteiger partial charge >= 0.3 is 39.5 Å². The monoisotopic (exact) mass is 1310 g/mol. The lowest BCUT2D eigenvalue weighted by Gasteiger charge is -2.21. The summed E-state index contributed by atoms with van der Waals surface area (Å²) in [6, 6.07) is 0. The average molecular weight is 1310 g/mol. The molecular formula is C70H136O17P2. The van der Waals surface area contributed by atoms with E-state index in [0.717, 1.165) is 102 Å². The van der Waals surface area contributed by atoms with Crippen molar-refractivity contribution in [2.24, 2.45) is 11.8 Å². The summed E-state index contributed by atoms with van der Waals surface area (Å²) in [5.41, 5.74) is 0.